The van der Waals surface area contributed by atoms with Gasteiger partial charge in [-0.2, -0.15) is 16.2 Å². The van der Waals surface area contributed by atoms with E-state index in [1.54, 1.807) is 6.07 Å². The molecule has 6 heteroatoms. The van der Waals surface area contributed by atoms with Crippen molar-refractivity contribution in [1.29, 1.82) is 0 Å². The maximum Gasteiger partial charge on any atom is 0.304 e. The number of rotatable bonds is 2. The summed E-state index contributed by atoms with van der Waals surface area (Å²) in [7, 11) is 0. The molecular formula is C11H11FN2O2S. The number of hydrogen-bond acceptors (Lipinski definition) is 4. The highest BCUT2D eigenvalue weighted by molar-refractivity contribution is 8.00. The smallest absolute Gasteiger partial charge is 0.304 e. The zero-order valence-corrected chi connectivity index (χ0v) is 9.82. The van der Waals surface area contributed by atoms with Crippen LogP contribution in [-0.2, 0) is 0 Å². The van der Waals surface area contributed by atoms with E-state index in [1.807, 2.05) is 11.8 Å². The first kappa shape index (κ1) is 10.8. The average Bonchev–Trinajstić information content (AvgIpc) is 2.89. The molecule has 0 unspecified atom stereocenters. The van der Waals surface area contributed by atoms with Gasteiger partial charge in [0.15, 0.2) is 0 Å². The molecular weight excluding hydrogens is 243 g/mol. The van der Waals surface area contributed by atoms with Gasteiger partial charge in [0.2, 0.25) is 5.82 Å². The van der Waals surface area contributed by atoms with Crippen molar-refractivity contribution in [3.8, 4) is 0 Å². The molecule has 3 rings (SSSR count). The van der Waals surface area contributed by atoms with Crippen LogP contribution in [0, 0.1) is 15.9 Å². The van der Waals surface area contributed by atoms with E-state index in [-0.39, 0.29) is 0 Å². The summed E-state index contributed by atoms with van der Waals surface area (Å²) in [6.07, 6.45) is 1.14. The van der Waals surface area contributed by atoms with Crippen LogP contribution in [0.2, 0.25) is 0 Å². The Balaban J connectivity index is 1.89. The van der Waals surface area contributed by atoms with E-state index < -0.39 is 16.4 Å². The van der Waals surface area contributed by atoms with Crippen LogP contribution in [0.1, 0.15) is 6.42 Å². The Bertz CT molecular complexity index is 483. The van der Waals surface area contributed by atoms with Gasteiger partial charge in [-0.3, -0.25) is 10.1 Å². The molecule has 0 amide bonds. The number of nitro groups is 1. The van der Waals surface area contributed by atoms with Gasteiger partial charge in [0.25, 0.3) is 0 Å². The molecule has 0 saturated carbocycles. The lowest BCUT2D eigenvalue weighted by Crippen LogP contribution is -2.33. The summed E-state index contributed by atoms with van der Waals surface area (Å²) in [4.78, 5) is 12.0. The molecule has 2 fully saturated rings. The van der Waals surface area contributed by atoms with E-state index in [4.69, 9.17) is 0 Å². The molecule has 17 heavy (non-hydrogen) atoms. The highest BCUT2D eigenvalue weighted by Crippen LogP contribution is 2.40. The second-order valence-corrected chi connectivity index (χ2v) is 5.72. The molecule has 2 aliphatic heterocycles. The van der Waals surface area contributed by atoms with Crippen molar-refractivity contribution in [3.63, 3.8) is 0 Å². The Morgan fingerprint density at radius 3 is 2.88 bits per heavy atom. The fraction of sp³-hybridized carbons (Fsp3) is 0.455. The summed E-state index contributed by atoms with van der Waals surface area (Å²) < 4.78 is 13.5. The molecule has 2 atom stereocenters. The monoisotopic (exact) mass is 254 g/mol. The van der Waals surface area contributed by atoms with Gasteiger partial charge in [0, 0.05) is 41.4 Å². The van der Waals surface area contributed by atoms with Crippen LogP contribution in [0.3, 0.4) is 0 Å². The molecule has 0 N–H and O–H groups in total. The summed E-state index contributed by atoms with van der Waals surface area (Å²) >= 11 is 1.96. The molecule has 2 bridgehead atoms. The fourth-order valence-electron chi connectivity index (χ4n) is 2.54. The number of benzene rings is 1. The molecule has 4 nitrogen and oxygen atoms in total. The summed E-state index contributed by atoms with van der Waals surface area (Å²) in [6, 6.07) is 4.64. The van der Waals surface area contributed by atoms with E-state index in [0.717, 1.165) is 24.4 Å². The quantitative estimate of drug-likeness (QED) is 0.600. The Morgan fingerprint density at radius 2 is 2.35 bits per heavy atom. The third kappa shape index (κ3) is 1.76. The van der Waals surface area contributed by atoms with Gasteiger partial charge < -0.3 is 4.90 Å². The van der Waals surface area contributed by atoms with Crippen LogP contribution in [0.25, 0.3) is 0 Å². The molecule has 0 aromatic heterocycles. The third-order valence-corrected chi connectivity index (χ3v) is 4.75. The van der Waals surface area contributed by atoms with Crippen molar-refractivity contribution >= 4 is 23.1 Å². The van der Waals surface area contributed by atoms with E-state index in [9.17, 15) is 14.5 Å². The molecule has 2 saturated heterocycles. The zero-order chi connectivity index (χ0) is 12.0. The second-order valence-electron chi connectivity index (χ2n) is 4.39. The molecule has 0 radical (unpaired) electrons. The standard InChI is InChI=1S/C11H11FN2O2S/c12-10-4-7(1-2-11(10)14(15)16)13-5-9-3-8(13)6-17-9/h1-2,4,8-9H,3,5-6H2/t8-,9-/m0/s1. The first-order chi connectivity index (χ1) is 8.15. The van der Waals surface area contributed by atoms with Crippen molar-refractivity contribution in [1.82, 2.24) is 0 Å². The first-order valence-corrected chi connectivity index (χ1v) is 6.52. The van der Waals surface area contributed by atoms with Crippen LogP contribution in [0.4, 0.5) is 15.8 Å². The van der Waals surface area contributed by atoms with Crippen LogP contribution in [0.15, 0.2) is 18.2 Å². The van der Waals surface area contributed by atoms with Crippen LogP contribution in [-0.4, -0.2) is 28.5 Å². The van der Waals surface area contributed by atoms with Crippen molar-refractivity contribution < 1.29 is 9.31 Å². The van der Waals surface area contributed by atoms with E-state index >= 15 is 0 Å². The second kappa shape index (κ2) is 3.87. The van der Waals surface area contributed by atoms with E-state index in [2.05, 4.69) is 4.90 Å². The van der Waals surface area contributed by atoms with E-state index in [0.29, 0.717) is 11.3 Å². The van der Waals surface area contributed by atoms with Gasteiger partial charge in [-0.1, -0.05) is 0 Å². The Hall–Kier alpha value is -1.30. The Morgan fingerprint density at radius 1 is 1.53 bits per heavy atom. The minimum absolute atomic E-state index is 0.451. The maximum absolute atomic E-state index is 13.5. The van der Waals surface area contributed by atoms with Gasteiger partial charge in [-0.05, 0) is 12.5 Å². The Kier molecular flexibility index (Phi) is 2.47. The zero-order valence-electron chi connectivity index (χ0n) is 9.01. The molecule has 90 valence electrons. The summed E-state index contributed by atoms with van der Waals surface area (Å²) in [6.45, 7) is 0.923. The SMILES string of the molecule is O=[N+]([O-])c1ccc(N2C[C@@H]3C[C@H]2CS3)cc1F. The number of fused-ring (bicyclic) bond motifs is 2. The van der Waals surface area contributed by atoms with Crippen LogP contribution < -0.4 is 4.90 Å². The van der Waals surface area contributed by atoms with Crippen LogP contribution >= 0.6 is 11.8 Å². The topological polar surface area (TPSA) is 46.4 Å². The lowest BCUT2D eigenvalue weighted by atomic mass is 10.2. The summed E-state index contributed by atoms with van der Waals surface area (Å²) in [5.74, 6) is 0.325. The number of hydrogen-bond donors (Lipinski definition) is 0. The molecule has 2 heterocycles. The first-order valence-electron chi connectivity index (χ1n) is 5.47. The van der Waals surface area contributed by atoms with Crippen molar-refractivity contribution in [2.24, 2.45) is 0 Å². The lowest BCUT2D eigenvalue weighted by Gasteiger charge is -2.28. The van der Waals surface area contributed by atoms with Gasteiger partial charge in [-0.15, -0.1) is 0 Å². The Labute approximate surface area is 102 Å². The minimum Gasteiger partial charge on any atom is -0.366 e. The summed E-state index contributed by atoms with van der Waals surface area (Å²) in [5, 5.41) is 11.2. The number of halogens is 1. The maximum atomic E-state index is 13.5. The van der Waals surface area contributed by atoms with Crippen molar-refractivity contribution in [2.75, 3.05) is 17.2 Å². The van der Waals surface area contributed by atoms with Crippen LogP contribution in [0.5, 0.6) is 0 Å². The number of nitro benzene ring substituents is 1. The van der Waals surface area contributed by atoms with Gasteiger partial charge >= 0.3 is 5.69 Å². The number of nitrogens with zero attached hydrogens (tertiary/aromatic N) is 2. The molecule has 1 aromatic rings. The van der Waals surface area contributed by atoms with Gasteiger partial charge in [0.05, 0.1) is 4.92 Å². The summed E-state index contributed by atoms with van der Waals surface area (Å²) in [5.41, 5.74) is 0.313. The van der Waals surface area contributed by atoms with Crippen molar-refractivity contribution in [2.45, 2.75) is 17.7 Å². The largest absolute Gasteiger partial charge is 0.366 e. The number of anilines is 1. The molecule has 2 aliphatic rings. The highest BCUT2D eigenvalue weighted by Gasteiger charge is 2.38. The average molecular weight is 254 g/mol. The number of thioether (sulfide) groups is 1. The fourth-order valence-corrected chi connectivity index (χ4v) is 3.97. The molecule has 1 aromatic carbocycles. The predicted molar refractivity (Wildman–Crippen MR) is 65.1 cm³/mol. The lowest BCUT2D eigenvalue weighted by molar-refractivity contribution is -0.387. The van der Waals surface area contributed by atoms with Gasteiger partial charge in [0.1, 0.15) is 0 Å². The molecule has 0 aliphatic carbocycles. The normalized spacial score (nSPS) is 26.5. The van der Waals surface area contributed by atoms with E-state index in [1.165, 1.54) is 12.1 Å². The third-order valence-electron chi connectivity index (χ3n) is 3.36. The highest BCUT2D eigenvalue weighted by atomic mass is 32.2. The van der Waals surface area contributed by atoms with Crippen molar-refractivity contribution in [3.05, 3.63) is 34.1 Å². The minimum atomic E-state index is -0.747. The van der Waals surface area contributed by atoms with Gasteiger partial charge in [-0.25, -0.2) is 0 Å². The predicted octanol–water partition coefficient (Wildman–Crippen LogP) is 2.43. The molecule has 0 spiro atoms.